The van der Waals surface area contributed by atoms with Gasteiger partial charge in [-0.2, -0.15) is 0 Å². The molecule has 23 heavy (non-hydrogen) atoms. The Hall–Kier alpha value is -2.44. The summed E-state index contributed by atoms with van der Waals surface area (Å²) in [4.78, 5) is 15.8. The molecule has 1 heterocycles. The van der Waals surface area contributed by atoms with Crippen LogP contribution in [0.4, 0.5) is 4.79 Å². The number of rotatable bonds is 8. The van der Waals surface area contributed by atoms with Gasteiger partial charge in [0.15, 0.2) is 0 Å². The average Bonchev–Trinajstić information content (AvgIpc) is 2.56. The van der Waals surface area contributed by atoms with Gasteiger partial charge in [-0.25, -0.2) is 4.79 Å². The van der Waals surface area contributed by atoms with E-state index in [-0.39, 0.29) is 0 Å². The fraction of sp³-hybridized carbons (Fsp3) is 0.294. The Morgan fingerprint density at radius 2 is 2.00 bits per heavy atom. The molecule has 1 amide bonds. The van der Waals surface area contributed by atoms with Crippen molar-refractivity contribution in [1.29, 1.82) is 0 Å². The molecule has 0 aliphatic rings. The fourth-order valence-electron chi connectivity index (χ4n) is 1.84. The molecule has 1 aromatic heterocycles. The number of hydrogen-bond donors (Lipinski definition) is 1. The van der Waals surface area contributed by atoms with E-state index in [1.165, 1.54) is 0 Å². The normalized spacial score (nSPS) is 10.3. The van der Waals surface area contributed by atoms with Crippen molar-refractivity contribution in [3.63, 3.8) is 0 Å². The summed E-state index contributed by atoms with van der Waals surface area (Å²) in [5.74, 6) is 0.424. The molecule has 1 N–H and O–H groups in total. The van der Waals surface area contributed by atoms with Crippen LogP contribution in [-0.2, 0) is 22.7 Å². The van der Waals surface area contributed by atoms with E-state index in [2.05, 4.69) is 10.3 Å². The molecule has 6 nitrogen and oxygen atoms in total. The molecule has 0 saturated heterocycles. The second-order valence-electron chi connectivity index (χ2n) is 4.77. The summed E-state index contributed by atoms with van der Waals surface area (Å²) in [6.45, 7) is 1.68. The highest BCUT2D eigenvalue weighted by molar-refractivity contribution is 5.70. The van der Waals surface area contributed by atoms with Crippen LogP contribution in [0.3, 0.4) is 0 Å². The molecule has 0 unspecified atom stereocenters. The summed E-state index contributed by atoms with van der Waals surface area (Å²) < 4.78 is 15.6. The summed E-state index contributed by atoms with van der Waals surface area (Å²) in [7, 11) is 1.57. The minimum absolute atomic E-state index is 0.345. The molecular formula is C17H20N2O4. The van der Waals surface area contributed by atoms with Gasteiger partial charge in [0, 0.05) is 25.9 Å². The number of nitrogens with zero attached hydrogens (tertiary/aromatic N) is 1. The van der Waals surface area contributed by atoms with Crippen molar-refractivity contribution in [2.24, 2.45) is 0 Å². The number of carbonyl (C=O) groups is 1. The molecule has 0 fully saturated rings. The Morgan fingerprint density at radius 1 is 1.17 bits per heavy atom. The van der Waals surface area contributed by atoms with Gasteiger partial charge in [0.25, 0.3) is 0 Å². The number of methoxy groups -OCH3 is 1. The van der Waals surface area contributed by atoms with Crippen LogP contribution in [0.1, 0.15) is 11.3 Å². The van der Waals surface area contributed by atoms with E-state index >= 15 is 0 Å². The van der Waals surface area contributed by atoms with Crippen LogP contribution >= 0.6 is 0 Å². The van der Waals surface area contributed by atoms with Crippen molar-refractivity contribution < 1.29 is 19.0 Å². The first kappa shape index (κ1) is 16.9. The Bertz CT molecular complexity index is 605. The highest BCUT2D eigenvalue weighted by Gasteiger charge is 2.05. The van der Waals surface area contributed by atoms with Gasteiger partial charge in [0.1, 0.15) is 5.75 Å². The molecule has 0 bridgehead atoms. The Labute approximate surface area is 135 Å². The molecule has 0 aliphatic heterocycles. The van der Waals surface area contributed by atoms with E-state index in [1.807, 2.05) is 30.3 Å². The van der Waals surface area contributed by atoms with Gasteiger partial charge in [0.2, 0.25) is 0 Å². The molecule has 122 valence electrons. The standard InChI is InChI=1S/C17H20N2O4/c1-21-10-9-19-17(20)23-16-7-8-18-15(11-16)13-22-12-14-5-3-2-4-6-14/h2-8,11H,9-10,12-13H2,1H3,(H,19,20). The molecule has 0 aliphatic carbocycles. The first-order valence-electron chi connectivity index (χ1n) is 7.29. The maximum Gasteiger partial charge on any atom is 0.412 e. The molecule has 0 atom stereocenters. The lowest BCUT2D eigenvalue weighted by Gasteiger charge is -2.08. The SMILES string of the molecule is COCCNC(=O)Oc1ccnc(COCc2ccccc2)c1. The van der Waals surface area contributed by atoms with Crippen LogP contribution in [0, 0.1) is 0 Å². The first-order valence-corrected chi connectivity index (χ1v) is 7.29. The zero-order chi connectivity index (χ0) is 16.3. The summed E-state index contributed by atoms with van der Waals surface area (Å²) in [6, 6.07) is 13.2. The lowest BCUT2D eigenvalue weighted by atomic mass is 10.2. The number of carbonyl (C=O) groups excluding carboxylic acids is 1. The third kappa shape index (κ3) is 6.46. The molecule has 1 aromatic carbocycles. The molecule has 2 aromatic rings. The predicted molar refractivity (Wildman–Crippen MR) is 85.1 cm³/mol. The Balaban J connectivity index is 1.78. The lowest BCUT2D eigenvalue weighted by Crippen LogP contribution is -2.29. The molecular weight excluding hydrogens is 296 g/mol. The minimum atomic E-state index is -0.524. The van der Waals surface area contributed by atoms with Gasteiger partial charge in [0.05, 0.1) is 25.5 Å². The zero-order valence-corrected chi connectivity index (χ0v) is 13.0. The highest BCUT2D eigenvalue weighted by Crippen LogP contribution is 2.12. The van der Waals surface area contributed by atoms with Gasteiger partial charge in [-0.1, -0.05) is 30.3 Å². The topological polar surface area (TPSA) is 69.7 Å². The van der Waals surface area contributed by atoms with Crippen molar-refractivity contribution in [2.75, 3.05) is 20.3 Å². The number of pyridine rings is 1. The number of nitrogens with one attached hydrogen (secondary N) is 1. The number of benzene rings is 1. The van der Waals surface area contributed by atoms with Crippen LogP contribution in [0.15, 0.2) is 48.7 Å². The smallest absolute Gasteiger partial charge is 0.410 e. The monoisotopic (exact) mass is 316 g/mol. The predicted octanol–water partition coefficient (Wildman–Crippen LogP) is 2.53. The van der Waals surface area contributed by atoms with E-state index in [1.54, 1.807) is 25.4 Å². The number of hydrogen-bond acceptors (Lipinski definition) is 5. The van der Waals surface area contributed by atoms with Crippen LogP contribution in [0.25, 0.3) is 0 Å². The Kier molecular flexibility index (Phi) is 7.03. The zero-order valence-electron chi connectivity index (χ0n) is 13.0. The van der Waals surface area contributed by atoms with Crippen LogP contribution in [-0.4, -0.2) is 31.3 Å². The van der Waals surface area contributed by atoms with E-state index < -0.39 is 6.09 Å². The summed E-state index contributed by atoms with van der Waals surface area (Å²) in [5, 5.41) is 2.58. The second-order valence-corrected chi connectivity index (χ2v) is 4.77. The molecule has 0 saturated carbocycles. The third-order valence-corrected chi connectivity index (χ3v) is 2.94. The van der Waals surface area contributed by atoms with E-state index in [0.717, 1.165) is 5.56 Å². The van der Waals surface area contributed by atoms with Gasteiger partial charge >= 0.3 is 6.09 Å². The van der Waals surface area contributed by atoms with Gasteiger partial charge < -0.3 is 19.5 Å². The fourth-order valence-corrected chi connectivity index (χ4v) is 1.84. The molecule has 0 radical (unpaired) electrons. The molecule has 6 heteroatoms. The van der Waals surface area contributed by atoms with Crippen molar-refractivity contribution in [1.82, 2.24) is 10.3 Å². The quantitative estimate of drug-likeness (QED) is 0.758. The lowest BCUT2D eigenvalue weighted by molar-refractivity contribution is 0.104. The van der Waals surface area contributed by atoms with Crippen molar-refractivity contribution >= 4 is 6.09 Å². The van der Waals surface area contributed by atoms with Crippen LogP contribution in [0.2, 0.25) is 0 Å². The highest BCUT2D eigenvalue weighted by atomic mass is 16.6. The largest absolute Gasteiger partial charge is 0.412 e. The second kappa shape index (κ2) is 9.55. The first-order chi connectivity index (χ1) is 11.3. The number of amides is 1. The summed E-state index contributed by atoms with van der Waals surface area (Å²) in [5.41, 5.74) is 1.79. The van der Waals surface area contributed by atoms with E-state index in [9.17, 15) is 4.79 Å². The molecule has 0 spiro atoms. The minimum Gasteiger partial charge on any atom is -0.410 e. The Morgan fingerprint density at radius 3 is 2.78 bits per heavy atom. The maximum atomic E-state index is 11.6. The molecule has 2 rings (SSSR count). The van der Waals surface area contributed by atoms with Gasteiger partial charge in [-0.05, 0) is 11.6 Å². The van der Waals surface area contributed by atoms with E-state index in [4.69, 9.17) is 14.2 Å². The summed E-state index contributed by atoms with van der Waals surface area (Å²) in [6.07, 6.45) is 1.06. The summed E-state index contributed by atoms with van der Waals surface area (Å²) >= 11 is 0. The maximum absolute atomic E-state index is 11.6. The van der Waals surface area contributed by atoms with Crippen molar-refractivity contribution in [2.45, 2.75) is 13.2 Å². The van der Waals surface area contributed by atoms with Crippen LogP contribution in [0.5, 0.6) is 5.75 Å². The van der Waals surface area contributed by atoms with Gasteiger partial charge in [-0.15, -0.1) is 0 Å². The third-order valence-electron chi connectivity index (χ3n) is 2.94. The number of aromatic nitrogens is 1. The number of ether oxygens (including phenoxy) is 3. The van der Waals surface area contributed by atoms with Crippen LogP contribution < -0.4 is 10.1 Å². The van der Waals surface area contributed by atoms with Crippen molar-refractivity contribution in [3.05, 3.63) is 59.9 Å². The van der Waals surface area contributed by atoms with E-state index in [0.29, 0.717) is 37.8 Å². The van der Waals surface area contributed by atoms with Crippen molar-refractivity contribution in [3.8, 4) is 5.75 Å². The average molecular weight is 316 g/mol. The van der Waals surface area contributed by atoms with Gasteiger partial charge in [-0.3, -0.25) is 4.98 Å².